The Morgan fingerprint density at radius 2 is 2.27 bits per heavy atom. The molecule has 64 valence electrons. The van der Waals surface area contributed by atoms with Crippen LogP contribution in [-0.2, 0) is 4.57 Å². The van der Waals surface area contributed by atoms with Crippen molar-refractivity contribution in [3.05, 3.63) is 0 Å². The maximum atomic E-state index is 12.2. The summed E-state index contributed by atoms with van der Waals surface area (Å²) in [6.07, 6.45) is 4.75. The molecule has 0 aromatic carbocycles. The van der Waals surface area contributed by atoms with Crippen LogP contribution in [0.1, 0.15) is 26.2 Å². The Hall–Kier alpha value is 0.190. The van der Waals surface area contributed by atoms with Gasteiger partial charge in [0.2, 0.25) is 0 Å². The van der Waals surface area contributed by atoms with Crippen LogP contribution in [0.2, 0.25) is 0 Å². The van der Waals surface area contributed by atoms with Gasteiger partial charge in [0.1, 0.15) is 0 Å². The molecule has 2 nitrogen and oxygen atoms in total. The topological polar surface area (TPSA) is 17.1 Å². The molecule has 3 atom stereocenters. The van der Waals surface area contributed by atoms with Crippen molar-refractivity contribution in [1.82, 2.24) is 0 Å². The van der Waals surface area contributed by atoms with E-state index in [0.29, 0.717) is 5.78 Å². The third-order valence-corrected chi connectivity index (χ3v) is 8.00. The van der Waals surface area contributed by atoms with Crippen molar-refractivity contribution in [3.8, 4) is 0 Å². The minimum Gasteiger partial charge on any atom is -0.269 e. The van der Waals surface area contributed by atoms with E-state index in [9.17, 15) is 4.57 Å². The van der Waals surface area contributed by atoms with Gasteiger partial charge in [-0.2, -0.15) is 0 Å². The lowest BCUT2D eigenvalue weighted by Crippen LogP contribution is -2.27. The normalized spacial score (nSPS) is 55.3. The molecule has 3 heteroatoms. The van der Waals surface area contributed by atoms with Gasteiger partial charge in [0, 0.05) is 6.42 Å². The molecule has 2 aliphatic heterocycles. The molecule has 2 heterocycles. The summed E-state index contributed by atoms with van der Waals surface area (Å²) in [5.74, 6) is 0.571. The van der Waals surface area contributed by atoms with Crippen molar-refractivity contribution in [1.29, 1.82) is 0 Å². The molecule has 2 rings (SSSR count). The molecule has 0 aromatic rings. The molecular weight excluding hydrogens is 157 g/mol. The molecule has 0 radical (unpaired) electrons. The van der Waals surface area contributed by atoms with Crippen LogP contribution in [0.3, 0.4) is 0 Å². The number of quaternary nitrogens is 1. The molecule has 0 N–H and O–H groups in total. The van der Waals surface area contributed by atoms with Crippen LogP contribution in [0.15, 0.2) is 0 Å². The second-order valence-corrected chi connectivity index (χ2v) is 7.64. The summed E-state index contributed by atoms with van der Waals surface area (Å²) in [7, 11) is 0.460. The molecule has 2 aliphatic rings. The van der Waals surface area contributed by atoms with Crippen molar-refractivity contribution in [2.45, 2.75) is 32.0 Å². The van der Waals surface area contributed by atoms with E-state index in [2.05, 4.69) is 14.0 Å². The molecule has 2 saturated heterocycles. The molecule has 0 aromatic heterocycles. The lowest BCUT2D eigenvalue weighted by molar-refractivity contribution is -0.739. The zero-order chi connectivity index (χ0) is 8.11. The van der Waals surface area contributed by atoms with Crippen LogP contribution >= 0.6 is 7.29 Å². The van der Waals surface area contributed by atoms with Gasteiger partial charge in [0.25, 0.3) is 0 Å². The minimum atomic E-state index is -1.73. The van der Waals surface area contributed by atoms with E-state index in [-0.39, 0.29) is 0 Å². The molecule has 0 spiro atoms. The average Bonchev–Trinajstić information content (AvgIpc) is 2.52. The van der Waals surface area contributed by atoms with Gasteiger partial charge in [0.05, 0.1) is 19.8 Å². The number of hydrogen-bond acceptors (Lipinski definition) is 1. The SMILES string of the molecule is CCP1(=O)C2CCCC[N+]21C. The number of fused-ring (bicyclic) bond motifs is 1. The summed E-state index contributed by atoms with van der Waals surface area (Å²) in [6, 6.07) is 0. The molecular formula is C8H17NOP+. The fraction of sp³-hybridized carbons (Fsp3) is 1.00. The van der Waals surface area contributed by atoms with Crippen LogP contribution in [0, 0.1) is 0 Å². The third kappa shape index (κ3) is 0.750. The van der Waals surface area contributed by atoms with Gasteiger partial charge in [0.15, 0.2) is 5.78 Å². The molecule has 11 heavy (non-hydrogen) atoms. The Morgan fingerprint density at radius 3 is 2.73 bits per heavy atom. The largest absolute Gasteiger partial charge is 0.303 e. The van der Waals surface area contributed by atoms with Gasteiger partial charge in [-0.25, -0.2) is 0 Å². The monoisotopic (exact) mass is 174 g/mol. The summed E-state index contributed by atoms with van der Waals surface area (Å²) in [5, 5.41) is 0. The second-order valence-electron chi connectivity index (χ2n) is 3.99. The maximum absolute atomic E-state index is 12.2. The van der Waals surface area contributed by atoms with E-state index in [1.807, 2.05) is 0 Å². The predicted molar refractivity (Wildman–Crippen MR) is 46.8 cm³/mol. The molecule has 0 bridgehead atoms. The standard InChI is InChI=1S/C8H17NOP/c1-3-11(10)8-6-4-5-7-9(8,11)2/h8H,3-7H2,1-2H3/q+1. The number of nitrogens with zero attached hydrogens (tertiary/aromatic N) is 1. The zero-order valence-electron chi connectivity index (χ0n) is 7.42. The van der Waals surface area contributed by atoms with Crippen LogP contribution < -0.4 is 0 Å². The summed E-state index contributed by atoms with van der Waals surface area (Å²) in [5.41, 5.74) is 0. The fourth-order valence-electron chi connectivity index (χ4n) is 2.73. The molecule has 0 amide bonds. The number of hydrogen-bond donors (Lipinski definition) is 0. The molecule has 2 fully saturated rings. The van der Waals surface area contributed by atoms with Crippen molar-refractivity contribution >= 4 is 7.29 Å². The lowest BCUT2D eigenvalue weighted by Gasteiger charge is -2.17. The second kappa shape index (κ2) is 2.11. The Balaban J connectivity index is 2.25. The van der Waals surface area contributed by atoms with Crippen LogP contribution in [-0.4, -0.2) is 29.8 Å². The van der Waals surface area contributed by atoms with E-state index < -0.39 is 7.29 Å². The van der Waals surface area contributed by atoms with E-state index in [0.717, 1.165) is 10.4 Å². The summed E-state index contributed by atoms with van der Waals surface area (Å²) in [4.78, 5) is 0. The Bertz CT molecular complexity index is 228. The highest BCUT2D eigenvalue weighted by molar-refractivity contribution is 7.64. The smallest absolute Gasteiger partial charge is 0.269 e. The first-order valence-electron chi connectivity index (χ1n) is 4.59. The van der Waals surface area contributed by atoms with Gasteiger partial charge >= 0.3 is 7.29 Å². The van der Waals surface area contributed by atoms with Crippen LogP contribution in [0.4, 0.5) is 0 Å². The minimum absolute atomic E-state index is 0.571. The number of rotatable bonds is 1. The quantitative estimate of drug-likeness (QED) is 0.440. The summed E-state index contributed by atoms with van der Waals surface area (Å²) in [6.45, 7) is 3.26. The van der Waals surface area contributed by atoms with Crippen LogP contribution in [0.25, 0.3) is 0 Å². The Kier molecular flexibility index (Phi) is 1.50. The first-order chi connectivity index (χ1) is 5.15. The third-order valence-electron chi connectivity index (χ3n) is 3.60. The Morgan fingerprint density at radius 1 is 1.55 bits per heavy atom. The van der Waals surface area contributed by atoms with Crippen molar-refractivity contribution < 1.29 is 8.82 Å². The average molecular weight is 174 g/mol. The van der Waals surface area contributed by atoms with Gasteiger partial charge in [-0.1, -0.05) is 6.92 Å². The maximum Gasteiger partial charge on any atom is 0.303 e. The van der Waals surface area contributed by atoms with Crippen molar-refractivity contribution in [2.24, 2.45) is 0 Å². The van der Waals surface area contributed by atoms with E-state index >= 15 is 0 Å². The highest BCUT2D eigenvalue weighted by Gasteiger charge is 2.73. The lowest BCUT2D eigenvalue weighted by atomic mass is 10.1. The van der Waals surface area contributed by atoms with E-state index in [4.69, 9.17) is 0 Å². The first kappa shape index (κ1) is 7.82. The van der Waals surface area contributed by atoms with Crippen molar-refractivity contribution in [2.75, 3.05) is 19.8 Å². The van der Waals surface area contributed by atoms with Gasteiger partial charge in [-0.05, 0) is 12.8 Å². The first-order valence-corrected chi connectivity index (χ1v) is 6.51. The van der Waals surface area contributed by atoms with Gasteiger partial charge in [-0.15, -0.1) is 0 Å². The summed E-state index contributed by atoms with van der Waals surface area (Å²) >= 11 is 0. The Labute approximate surface area is 68.6 Å². The van der Waals surface area contributed by atoms with Gasteiger partial charge < -0.3 is 0 Å². The van der Waals surface area contributed by atoms with Crippen LogP contribution in [0.5, 0.6) is 0 Å². The highest BCUT2D eigenvalue weighted by atomic mass is 31.2. The zero-order valence-corrected chi connectivity index (χ0v) is 8.31. The van der Waals surface area contributed by atoms with Gasteiger partial charge in [-0.3, -0.25) is 8.82 Å². The highest BCUT2D eigenvalue weighted by Crippen LogP contribution is 2.80. The fourth-order valence-corrected chi connectivity index (χ4v) is 6.73. The van der Waals surface area contributed by atoms with E-state index in [1.165, 1.54) is 25.8 Å². The molecule has 0 aliphatic carbocycles. The van der Waals surface area contributed by atoms with E-state index in [1.54, 1.807) is 0 Å². The summed E-state index contributed by atoms with van der Waals surface area (Å²) < 4.78 is 13.1. The predicted octanol–water partition coefficient (Wildman–Crippen LogP) is 2.25. The molecule has 3 unspecified atom stereocenters. The van der Waals surface area contributed by atoms with Crippen molar-refractivity contribution in [3.63, 3.8) is 0 Å². The molecule has 0 saturated carbocycles. The number of piperidine rings is 1.